The quantitative estimate of drug-likeness (QED) is 0.235. The summed E-state index contributed by atoms with van der Waals surface area (Å²) >= 11 is 0. The summed E-state index contributed by atoms with van der Waals surface area (Å²) < 4.78 is 5.59. The Bertz CT molecular complexity index is 1590. The average Bonchev–Trinajstić information content (AvgIpc) is 3.28. The first-order valence-corrected chi connectivity index (χ1v) is 12.9. The minimum atomic E-state index is 0.851. The van der Waals surface area contributed by atoms with Crippen LogP contribution >= 0.6 is 0 Å². The molecule has 0 saturated carbocycles. The molecule has 0 saturated heterocycles. The van der Waals surface area contributed by atoms with Gasteiger partial charge in [0.15, 0.2) is 0 Å². The second-order valence-electron chi connectivity index (χ2n) is 9.99. The maximum atomic E-state index is 5.59. The molecular weight excluding hydrogens is 450 g/mol. The normalized spacial score (nSPS) is 11.6. The third kappa shape index (κ3) is 4.51. The minimum Gasteiger partial charge on any atom is -0.497 e. The van der Waals surface area contributed by atoms with Crippen LogP contribution in [0.4, 0.5) is 17.1 Å². The maximum Gasteiger partial charge on any atom is 0.120 e. The molecule has 2 heteroatoms. The van der Waals surface area contributed by atoms with Crippen LogP contribution in [0.3, 0.4) is 0 Å². The summed E-state index contributed by atoms with van der Waals surface area (Å²) in [6.07, 6.45) is 1.91. The Kier molecular flexibility index (Phi) is 6.02. The second-order valence-corrected chi connectivity index (χ2v) is 9.99. The Hall–Kier alpha value is -4.30. The van der Waals surface area contributed by atoms with Gasteiger partial charge in [-0.15, -0.1) is 0 Å². The van der Waals surface area contributed by atoms with Gasteiger partial charge in [-0.05, 0) is 102 Å². The van der Waals surface area contributed by atoms with Gasteiger partial charge in [-0.25, -0.2) is 0 Å². The number of rotatable bonds is 6. The van der Waals surface area contributed by atoms with E-state index in [-0.39, 0.29) is 0 Å². The summed E-state index contributed by atoms with van der Waals surface area (Å²) in [7, 11) is 1.72. The monoisotopic (exact) mass is 481 g/mol. The van der Waals surface area contributed by atoms with Gasteiger partial charge in [-0.1, -0.05) is 72.3 Å². The number of methoxy groups -OCH3 is 1. The van der Waals surface area contributed by atoms with Crippen LogP contribution in [0.1, 0.15) is 33.4 Å². The average molecular weight is 482 g/mol. The lowest BCUT2D eigenvalue weighted by Gasteiger charge is -2.27. The predicted molar refractivity (Wildman–Crippen MR) is 155 cm³/mol. The molecule has 1 aliphatic carbocycles. The van der Waals surface area contributed by atoms with Gasteiger partial charge in [0.2, 0.25) is 0 Å². The number of ether oxygens (including phenoxy) is 1. The highest BCUT2D eigenvalue weighted by Crippen LogP contribution is 2.42. The Labute approximate surface area is 219 Å². The zero-order valence-electron chi connectivity index (χ0n) is 21.7. The van der Waals surface area contributed by atoms with E-state index in [9.17, 15) is 0 Å². The van der Waals surface area contributed by atoms with Crippen LogP contribution in [0.5, 0.6) is 5.75 Å². The number of fused-ring (bicyclic) bond motifs is 3. The molecule has 0 N–H and O–H groups in total. The highest BCUT2D eigenvalue weighted by molar-refractivity contribution is 5.83. The SMILES string of the molecule is COc1cccc(N(c2ccc(Cc3ccccc3)c(C)c2)c2ccc3c(c2)Cc2cc(C)ccc2-3)c1. The molecule has 2 nitrogen and oxygen atoms in total. The molecule has 0 unspecified atom stereocenters. The third-order valence-electron chi connectivity index (χ3n) is 7.41. The van der Waals surface area contributed by atoms with Crippen molar-refractivity contribution >= 4 is 17.1 Å². The van der Waals surface area contributed by atoms with E-state index in [4.69, 9.17) is 4.74 Å². The van der Waals surface area contributed by atoms with E-state index in [0.717, 1.165) is 35.7 Å². The highest BCUT2D eigenvalue weighted by Gasteiger charge is 2.21. The summed E-state index contributed by atoms with van der Waals surface area (Å²) in [4.78, 5) is 2.34. The summed E-state index contributed by atoms with van der Waals surface area (Å²) in [5, 5.41) is 0. The fraction of sp³-hybridized carbons (Fsp3) is 0.143. The van der Waals surface area contributed by atoms with Gasteiger partial charge in [0.05, 0.1) is 7.11 Å². The van der Waals surface area contributed by atoms with Crippen molar-refractivity contribution in [2.75, 3.05) is 12.0 Å². The van der Waals surface area contributed by atoms with E-state index in [1.54, 1.807) is 7.11 Å². The molecule has 0 atom stereocenters. The van der Waals surface area contributed by atoms with Crippen molar-refractivity contribution in [2.24, 2.45) is 0 Å². The molecular formula is C35H31NO. The largest absolute Gasteiger partial charge is 0.497 e. The lowest BCUT2D eigenvalue weighted by molar-refractivity contribution is 0.415. The number of aryl methyl sites for hydroxylation is 2. The van der Waals surface area contributed by atoms with Crippen molar-refractivity contribution in [3.63, 3.8) is 0 Å². The van der Waals surface area contributed by atoms with E-state index >= 15 is 0 Å². The van der Waals surface area contributed by atoms with Crippen LogP contribution in [-0.2, 0) is 12.8 Å². The van der Waals surface area contributed by atoms with Crippen LogP contribution in [0.2, 0.25) is 0 Å². The molecule has 37 heavy (non-hydrogen) atoms. The molecule has 0 aliphatic heterocycles. The first kappa shape index (κ1) is 23.1. The predicted octanol–water partition coefficient (Wildman–Crippen LogP) is 8.94. The molecule has 6 rings (SSSR count). The van der Waals surface area contributed by atoms with Crippen LogP contribution in [0.25, 0.3) is 11.1 Å². The van der Waals surface area contributed by atoms with Crippen molar-refractivity contribution < 1.29 is 4.74 Å². The second kappa shape index (κ2) is 9.63. The van der Waals surface area contributed by atoms with Gasteiger partial charge in [-0.2, -0.15) is 0 Å². The Morgan fingerprint density at radius 2 is 1.35 bits per heavy atom. The van der Waals surface area contributed by atoms with Crippen molar-refractivity contribution in [1.29, 1.82) is 0 Å². The van der Waals surface area contributed by atoms with Gasteiger partial charge in [0.25, 0.3) is 0 Å². The Morgan fingerprint density at radius 1 is 0.649 bits per heavy atom. The van der Waals surface area contributed by atoms with Crippen molar-refractivity contribution in [3.05, 3.63) is 143 Å². The number of benzene rings is 5. The molecule has 0 bridgehead atoms. The number of hydrogen-bond acceptors (Lipinski definition) is 2. The van der Waals surface area contributed by atoms with Gasteiger partial charge >= 0.3 is 0 Å². The molecule has 5 aromatic rings. The van der Waals surface area contributed by atoms with Gasteiger partial charge in [0, 0.05) is 23.1 Å². The topological polar surface area (TPSA) is 12.5 Å². The fourth-order valence-electron chi connectivity index (χ4n) is 5.49. The van der Waals surface area contributed by atoms with Gasteiger partial charge in [-0.3, -0.25) is 0 Å². The van der Waals surface area contributed by atoms with Crippen molar-refractivity contribution in [3.8, 4) is 16.9 Å². The smallest absolute Gasteiger partial charge is 0.120 e. The number of anilines is 3. The zero-order chi connectivity index (χ0) is 25.4. The van der Waals surface area contributed by atoms with Gasteiger partial charge < -0.3 is 9.64 Å². The molecule has 0 aromatic heterocycles. The summed E-state index contributed by atoms with van der Waals surface area (Å²) in [6.45, 7) is 4.39. The van der Waals surface area contributed by atoms with Crippen LogP contribution in [0, 0.1) is 13.8 Å². The Balaban J connectivity index is 1.42. The molecule has 5 aromatic carbocycles. The van der Waals surface area contributed by atoms with Crippen molar-refractivity contribution in [1.82, 2.24) is 0 Å². The van der Waals surface area contributed by atoms with E-state index in [0.29, 0.717) is 0 Å². The first-order chi connectivity index (χ1) is 18.1. The molecule has 182 valence electrons. The number of hydrogen-bond donors (Lipinski definition) is 0. The van der Waals surface area contributed by atoms with E-state index < -0.39 is 0 Å². The van der Waals surface area contributed by atoms with Crippen molar-refractivity contribution in [2.45, 2.75) is 26.7 Å². The standard InChI is InChI=1S/C35H31NO/c1-24-12-16-34-28(18-24)21-29-22-32(15-17-35(29)34)36(30-10-7-11-33(23-30)37-3)31-14-13-27(25(2)19-31)20-26-8-5-4-6-9-26/h4-19,22-23H,20-21H2,1-3H3. The zero-order valence-corrected chi connectivity index (χ0v) is 21.7. The molecule has 0 spiro atoms. The summed E-state index contributed by atoms with van der Waals surface area (Å²) in [6, 6.07) is 39.5. The molecule has 0 amide bonds. The minimum absolute atomic E-state index is 0.851. The molecule has 0 fully saturated rings. The summed E-state index contributed by atoms with van der Waals surface area (Å²) in [5.41, 5.74) is 14.2. The lowest BCUT2D eigenvalue weighted by atomic mass is 9.99. The molecule has 0 heterocycles. The van der Waals surface area contributed by atoms with Crippen LogP contribution in [0.15, 0.2) is 109 Å². The highest BCUT2D eigenvalue weighted by atomic mass is 16.5. The van der Waals surface area contributed by atoms with E-state index in [1.165, 1.54) is 44.5 Å². The van der Waals surface area contributed by atoms with Gasteiger partial charge in [0.1, 0.15) is 5.75 Å². The third-order valence-corrected chi connectivity index (χ3v) is 7.41. The van der Waals surface area contributed by atoms with Crippen LogP contribution < -0.4 is 9.64 Å². The maximum absolute atomic E-state index is 5.59. The lowest BCUT2D eigenvalue weighted by Crippen LogP contribution is -2.11. The van der Waals surface area contributed by atoms with E-state index in [1.807, 2.05) is 6.07 Å². The number of nitrogens with zero attached hydrogens (tertiary/aromatic N) is 1. The Morgan fingerprint density at radius 3 is 2.14 bits per heavy atom. The van der Waals surface area contributed by atoms with Crippen LogP contribution in [-0.4, -0.2) is 7.11 Å². The van der Waals surface area contributed by atoms with E-state index in [2.05, 4.69) is 122 Å². The fourth-order valence-corrected chi connectivity index (χ4v) is 5.49. The first-order valence-electron chi connectivity index (χ1n) is 12.9. The molecule has 0 radical (unpaired) electrons. The summed E-state index contributed by atoms with van der Waals surface area (Å²) in [5.74, 6) is 0.851. The molecule has 1 aliphatic rings.